The SMILES string of the molecule is C=C/C(=C\C=[N+](C)C)NC(=O)CC. The number of amides is 1. The van der Waals surface area contributed by atoms with Gasteiger partial charge in [-0.15, -0.1) is 0 Å². The fourth-order valence-corrected chi connectivity index (χ4v) is 0.639. The molecule has 3 nitrogen and oxygen atoms in total. The second kappa shape index (κ2) is 6.17. The van der Waals surface area contributed by atoms with Gasteiger partial charge in [0.25, 0.3) is 0 Å². The van der Waals surface area contributed by atoms with Crippen LogP contribution >= 0.6 is 0 Å². The van der Waals surface area contributed by atoms with Gasteiger partial charge in [0.05, 0.1) is 0 Å². The molecule has 0 radical (unpaired) electrons. The van der Waals surface area contributed by atoms with Crippen molar-refractivity contribution >= 4 is 12.1 Å². The molecule has 0 rings (SSSR count). The van der Waals surface area contributed by atoms with Crippen LogP contribution in [0.25, 0.3) is 0 Å². The molecule has 1 N–H and O–H groups in total. The molecule has 0 spiro atoms. The Kier molecular flexibility index (Phi) is 5.52. The zero-order chi connectivity index (χ0) is 10.3. The van der Waals surface area contributed by atoms with E-state index < -0.39 is 0 Å². The Morgan fingerprint density at radius 3 is 2.54 bits per heavy atom. The standard InChI is InChI=1S/C10H16N2O/c1-5-9(7-8-12(3)4)11-10(13)6-2/h5,7-8H,1,6H2,2-4H3/p+1. The highest BCUT2D eigenvalue weighted by molar-refractivity contribution is 5.79. The van der Waals surface area contributed by atoms with Crippen molar-refractivity contribution in [2.24, 2.45) is 0 Å². The molecule has 0 atom stereocenters. The minimum Gasteiger partial charge on any atom is -0.326 e. The van der Waals surface area contributed by atoms with E-state index in [-0.39, 0.29) is 5.91 Å². The number of carbonyl (C=O) groups is 1. The number of hydrogen-bond donors (Lipinski definition) is 1. The van der Waals surface area contributed by atoms with E-state index in [1.807, 2.05) is 31.8 Å². The summed E-state index contributed by atoms with van der Waals surface area (Å²) in [6.45, 7) is 5.42. The first-order valence-electron chi connectivity index (χ1n) is 4.24. The van der Waals surface area contributed by atoms with E-state index in [4.69, 9.17) is 0 Å². The van der Waals surface area contributed by atoms with Crippen LogP contribution in [-0.2, 0) is 4.79 Å². The Labute approximate surface area is 79.5 Å². The zero-order valence-corrected chi connectivity index (χ0v) is 8.50. The summed E-state index contributed by atoms with van der Waals surface area (Å²) in [7, 11) is 3.83. The Balaban J connectivity index is 4.34. The highest BCUT2D eigenvalue weighted by atomic mass is 16.1. The number of nitrogens with zero attached hydrogens (tertiary/aromatic N) is 1. The van der Waals surface area contributed by atoms with Gasteiger partial charge in [-0.25, -0.2) is 4.58 Å². The lowest BCUT2D eigenvalue weighted by molar-refractivity contribution is -0.458. The molecule has 0 aromatic heterocycles. The molecule has 0 bridgehead atoms. The second-order valence-electron chi connectivity index (χ2n) is 2.84. The molecule has 0 saturated heterocycles. The smallest absolute Gasteiger partial charge is 0.224 e. The number of allylic oxidation sites excluding steroid dienone is 2. The van der Waals surface area contributed by atoms with Crippen molar-refractivity contribution in [1.82, 2.24) is 5.32 Å². The molecule has 0 aliphatic heterocycles. The third kappa shape index (κ3) is 5.84. The number of nitrogens with one attached hydrogen (secondary N) is 1. The first kappa shape index (κ1) is 11.6. The van der Waals surface area contributed by atoms with Crippen molar-refractivity contribution in [2.75, 3.05) is 14.1 Å². The Hall–Kier alpha value is -1.38. The summed E-state index contributed by atoms with van der Waals surface area (Å²) < 4.78 is 1.89. The third-order valence-corrected chi connectivity index (χ3v) is 1.38. The molecule has 1 amide bonds. The average Bonchev–Trinajstić information content (AvgIpc) is 2.11. The van der Waals surface area contributed by atoms with Gasteiger partial charge in [-0.1, -0.05) is 13.5 Å². The molecule has 0 heterocycles. The molecule has 13 heavy (non-hydrogen) atoms. The maximum Gasteiger partial charge on any atom is 0.224 e. The maximum atomic E-state index is 11.0. The van der Waals surface area contributed by atoms with Crippen molar-refractivity contribution in [2.45, 2.75) is 13.3 Å². The van der Waals surface area contributed by atoms with E-state index in [0.717, 1.165) is 5.70 Å². The molecular weight excluding hydrogens is 164 g/mol. The molecule has 3 heteroatoms. The lowest BCUT2D eigenvalue weighted by atomic mass is 10.3. The van der Waals surface area contributed by atoms with Gasteiger partial charge in [0.2, 0.25) is 5.91 Å². The van der Waals surface area contributed by atoms with Crippen LogP contribution in [0, 0.1) is 0 Å². The molecule has 0 unspecified atom stereocenters. The predicted octanol–water partition coefficient (Wildman–Crippen LogP) is 0.925. The lowest BCUT2D eigenvalue weighted by Crippen LogP contribution is -2.20. The second-order valence-corrected chi connectivity index (χ2v) is 2.84. The van der Waals surface area contributed by atoms with E-state index in [2.05, 4.69) is 11.9 Å². The number of rotatable bonds is 4. The van der Waals surface area contributed by atoms with Gasteiger partial charge in [-0.3, -0.25) is 4.79 Å². The molecule has 0 aliphatic carbocycles. The quantitative estimate of drug-likeness (QED) is 0.390. The number of carbonyl (C=O) groups excluding carboxylic acids is 1. The molecule has 72 valence electrons. The van der Waals surface area contributed by atoms with Crippen molar-refractivity contribution in [3.63, 3.8) is 0 Å². The van der Waals surface area contributed by atoms with E-state index >= 15 is 0 Å². The summed E-state index contributed by atoms with van der Waals surface area (Å²) in [4.78, 5) is 11.0. The van der Waals surface area contributed by atoms with E-state index in [9.17, 15) is 4.79 Å². The van der Waals surface area contributed by atoms with Gasteiger partial charge < -0.3 is 5.32 Å². The van der Waals surface area contributed by atoms with Crippen LogP contribution < -0.4 is 5.32 Å². The van der Waals surface area contributed by atoms with Crippen molar-refractivity contribution in [3.05, 3.63) is 24.4 Å². The van der Waals surface area contributed by atoms with Crippen molar-refractivity contribution < 1.29 is 9.37 Å². The van der Waals surface area contributed by atoms with Crippen LogP contribution in [0.5, 0.6) is 0 Å². The molecule has 0 aliphatic rings. The number of hydrogen-bond acceptors (Lipinski definition) is 1. The lowest BCUT2D eigenvalue weighted by Gasteiger charge is -2.01. The zero-order valence-electron chi connectivity index (χ0n) is 8.50. The van der Waals surface area contributed by atoms with E-state index in [0.29, 0.717) is 6.42 Å². The largest absolute Gasteiger partial charge is 0.326 e. The minimum atomic E-state index is -0.00157. The summed E-state index contributed by atoms with van der Waals surface area (Å²) in [5.74, 6) is -0.00157. The Bertz CT molecular complexity index is 248. The first-order valence-corrected chi connectivity index (χ1v) is 4.24. The highest BCUT2D eigenvalue weighted by Gasteiger charge is 1.97. The maximum absolute atomic E-state index is 11.0. The molecule has 0 fully saturated rings. The van der Waals surface area contributed by atoms with Gasteiger partial charge in [-0.2, -0.15) is 0 Å². The first-order chi connectivity index (χ1) is 6.10. The van der Waals surface area contributed by atoms with Gasteiger partial charge in [0.1, 0.15) is 14.1 Å². The summed E-state index contributed by atoms with van der Waals surface area (Å²) in [6.07, 6.45) is 5.76. The van der Waals surface area contributed by atoms with Crippen LogP contribution in [0.2, 0.25) is 0 Å². The summed E-state index contributed by atoms with van der Waals surface area (Å²) in [5.41, 5.74) is 0.723. The third-order valence-electron chi connectivity index (χ3n) is 1.38. The van der Waals surface area contributed by atoms with Crippen LogP contribution in [0.15, 0.2) is 24.4 Å². The van der Waals surface area contributed by atoms with Crippen LogP contribution in [0.1, 0.15) is 13.3 Å². The van der Waals surface area contributed by atoms with Crippen LogP contribution in [-0.4, -0.2) is 30.8 Å². The monoisotopic (exact) mass is 181 g/mol. The normalized spacial score (nSPS) is 10.5. The van der Waals surface area contributed by atoms with Crippen LogP contribution in [0.4, 0.5) is 0 Å². The molecule has 0 saturated carbocycles. The van der Waals surface area contributed by atoms with Crippen LogP contribution in [0.3, 0.4) is 0 Å². The van der Waals surface area contributed by atoms with Crippen molar-refractivity contribution in [1.29, 1.82) is 0 Å². The highest BCUT2D eigenvalue weighted by Crippen LogP contribution is 1.89. The predicted molar refractivity (Wildman–Crippen MR) is 54.9 cm³/mol. The van der Waals surface area contributed by atoms with Gasteiger partial charge in [0.15, 0.2) is 6.21 Å². The van der Waals surface area contributed by atoms with Gasteiger partial charge >= 0.3 is 0 Å². The summed E-state index contributed by atoms with van der Waals surface area (Å²) in [6, 6.07) is 0. The van der Waals surface area contributed by atoms with Crippen molar-refractivity contribution in [3.8, 4) is 0 Å². The molecule has 0 aromatic carbocycles. The Morgan fingerprint density at radius 2 is 2.15 bits per heavy atom. The molecular formula is C10H17N2O+. The van der Waals surface area contributed by atoms with E-state index in [1.54, 1.807) is 12.2 Å². The topological polar surface area (TPSA) is 32.1 Å². The molecule has 0 aromatic rings. The van der Waals surface area contributed by atoms with E-state index in [1.165, 1.54) is 0 Å². The summed E-state index contributed by atoms with van der Waals surface area (Å²) in [5, 5.41) is 2.72. The summed E-state index contributed by atoms with van der Waals surface area (Å²) >= 11 is 0. The Morgan fingerprint density at radius 1 is 1.54 bits per heavy atom. The minimum absolute atomic E-state index is 0.00157. The van der Waals surface area contributed by atoms with Gasteiger partial charge in [-0.05, 0) is 6.08 Å². The fraction of sp³-hybridized carbons (Fsp3) is 0.400. The average molecular weight is 181 g/mol. The fourth-order valence-electron chi connectivity index (χ4n) is 0.639. The van der Waals surface area contributed by atoms with Gasteiger partial charge in [0, 0.05) is 18.2 Å².